The Bertz CT molecular complexity index is 1070. The molecule has 172 valence electrons. The first-order valence-corrected chi connectivity index (χ1v) is 11.7. The highest BCUT2D eigenvalue weighted by Gasteiger charge is 2.41. The van der Waals surface area contributed by atoms with Crippen molar-refractivity contribution in [3.05, 3.63) is 71.4 Å². The predicted molar refractivity (Wildman–Crippen MR) is 126 cm³/mol. The van der Waals surface area contributed by atoms with E-state index >= 15 is 0 Å². The normalized spacial score (nSPS) is 18.5. The molecule has 1 atom stereocenters. The van der Waals surface area contributed by atoms with Gasteiger partial charge in [0.1, 0.15) is 11.4 Å². The molecule has 0 bridgehead atoms. The fourth-order valence-electron chi connectivity index (χ4n) is 4.79. The van der Waals surface area contributed by atoms with E-state index in [2.05, 4.69) is 27.2 Å². The van der Waals surface area contributed by atoms with Crippen LogP contribution in [0.3, 0.4) is 0 Å². The molecule has 1 unspecified atom stereocenters. The lowest BCUT2D eigenvalue weighted by Crippen LogP contribution is -2.38. The average molecular weight is 447 g/mol. The third-order valence-corrected chi connectivity index (χ3v) is 6.39. The van der Waals surface area contributed by atoms with Gasteiger partial charge in [0.05, 0.1) is 31.6 Å². The summed E-state index contributed by atoms with van der Waals surface area (Å²) in [6.45, 7) is 7.73. The smallest absolute Gasteiger partial charge is 0.273 e. The summed E-state index contributed by atoms with van der Waals surface area (Å²) in [5.74, 6) is 0.848. The number of carbonyl (C=O) groups is 1. The van der Waals surface area contributed by atoms with Gasteiger partial charge >= 0.3 is 0 Å². The number of nitrogens with one attached hydrogen (secondary N) is 1. The predicted octanol–water partition coefficient (Wildman–Crippen LogP) is 3.74. The number of hydrogen-bond donors (Lipinski definition) is 1. The highest BCUT2D eigenvalue weighted by atomic mass is 16.5. The number of H-pyrrole nitrogens is 1. The summed E-state index contributed by atoms with van der Waals surface area (Å²) in [6, 6.07) is 18.0. The number of amides is 1. The third kappa shape index (κ3) is 4.38. The zero-order chi connectivity index (χ0) is 22.6. The molecule has 33 heavy (non-hydrogen) atoms. The minimum Gasteiger partial charge on any atom is -0.494 e. The van der Waals surface area contributed by atoms with Gasteiger partial charge in [-0.3, -0.25) is 14.8 Å². The van der Waals surface area contributed by atoms with Crippen molar-refractivity contribution in [1.29, 1.82) is 0 Å². The van der Waals surface area contributed by atoms with Gasteiger partial charge < -0.3 is 14.4 Å². The first-order valence-electron chi connectivity index (χ1n) is 11.7. The van der Waals surface area contributed by atoms with Gasteiger partial charge in [-0.25, -0.2) is 0 Å². The van der Waals surface area contributed by atoms with Gasteiger partial charge in [0.15, 0.2) is 0 Å². The van der Waals surface area contributed by atoms with Gasteiger partial charge in [-0.05, 0) is 31.0 Å². The van der Waals surface area contributed by atoms with Crippen LogP contribution < -0.4 is 4.74 Å². The highest BCUT2D eigenvalue weighted by molar-refractivity contribution is 6.00. The SMILES string of the molecule is CCOc1ccc(C2c3c(-c4ccccc4)n[nH]c3C(=O)N2CCCN2CCOCC2)cc1. The Labute approximate surface area is 194 Å². The first kappa shape index (κ1) is 21.7. The van der Waals surface area contributed by atoms with Crippen molar-refractivity contribution in [3.8, 4) is 17.0 Å². The number of ether oxygens (including phenoxy) is 2. The molecule has 3 aromatic rings. The Morgan fingerprint density at radius 3 is 2.55 bits per heavy atom. The fourth-order valence-corrected chi connectivity index (χ4v) is 4.79. The standard InChI is InChI=1S/C26H30N4O3/c1-2-33-21-11-9-20(10-12-21)25-22-23(19-7-4-3-5-8-19)27-28-24(22)26(31)30(25)14-6-13-29-15-17-32-18-16-29/h3-5,7-12,25H,2,6,13-18H2,1H3,(H,27,28). The molecule has 2 aromatic carbocycles. The summed E-state index contributed by atoms with van der Waals surface area (Å²) in [7, 11) is 0. The molecule has 1 amide bonds. The second kappa shape index (κ2) is 9.77. The number of fused-ring (bicyclic) bond motifs is 1. The molecule has 1 N–H and O–H groups in total. The van der Waals surface area contributed by atoms with E-state index in [9.17, 15) is 4.79 Å². The van der Waals surface area contributed by atoms with Crippen molar-refractivity contribution < 1.29 is 14.3 Å². The van der Waals surface area contributed by atoms with Gasteiger partial charge in [-0.1, -0.05) is 42.5 Å². The lowest BCUT2D eigenvalue weighted by atomic mass is 9.96. The monoisotopic (exact) mass is 446 g/mol. The number of morpholine rings is 1. The minimum absolute atomic E-state index is 0.0144. The zero-order valence-corrected chi connectivity index (χ0v) is 19.0. The molecule has 3 heterocycles. The zero-order valence-electron chi connectivity index (χ0n) is 19.0. The average Bonchev–Trinajstić information content (AvgIpc) is 3.40. The van der Waals surface area contributed by atoms with Gasteiger partial charge in [-0.15, -0.1) is 0 Å². The van der Waals surface area contributed by atoms with Crippen LogP contribution >= 0.6 is 0 Å². The molecule has 0 radical (unpaired) electrons. The van der Waals surface area contributed by atoms with E-state index in [1.165, 1.54) is 0 Å². The summed E-state index contributed by atoms with van der Waals surface area (Å²) in [6.07, 6.45) is 0.914. The van der Waals surface area contributed by atoms with E-state index in [1.54, 1.807) is 0 Å². The summed E-state index contributed by atoms with van der Waals surface area (Å²) < 4.78 is 11.1. The van der Waals surface area contributed by atoms with Crippen molar-refractivity contribution >= 4 is 5.91 Å². The molecular formula is C26H30N4O3. The quantitative estimate of drug-likeness (QED) is 0.571. The Morgan fingerprint density at radius 1 is 1.06 bits per heavy atom. The van der Waals surface area contributed by atoms with Gasteiger partial charge in [-0.2, -0.15) is 5.10 Å². The molecule has 1 saturated heterocycles. The van der Waals surface area contributed by atoms with Crippen molar-refractivity contribution in [2.24, 2.45) is 0 Å². The largest absolute Gasteiger partial charge is 0.494 e. The van der Waals surface area contributed by atoms with E-state index < -0.39 is 0 Å². The van der Waals surface area contributed by atoms with E-state index in [0.29, 0.717) is 18.8 Å². The molecule has 0 aliphatic carbocycles. The van der Waals surface area contributed by atoms with Crippen LogP contribution in [0.4, 0.5) is 0 Å². The molecule has 1 fully saturated rings. The van der Waals surface area contributed by atoms with Crippen LogP contribution in [0.5, 0.6) is 5.75 Å². The number of benzene rings is 2. The second-order valence-electron chi connectivity index (χ2n) is 8.44. The van der Waals surface area contributed by atoms with Crippen LogP contribution in [0.1, 0.15) is 41.0 Å². The molecular weight excluding hydrogens is 416 g/mol. The number of rotatable bonds is 8. The molecule has 0 spiro atoms. The number of aromatic nitrogens is 2. The maximum Gasteiger partial charge on any atom is 0.273 e. The van der Waals surface area contributed by atoms with E-state index in [0.717, 1.165) is 67.4 Å². The van der Waals surface area contributed by atoms with Gasteiger partial charge in [0, 0.05) is 37.3 Å². The number of hydrogen-bond acceptors (Lipinski definition) is 5. The van der Waals surface area contributed by atoms with Crippen molar-refractivity contribution in [1.82, 2.24) is 20.0 Å². The van der Waals surface area contributed by atoms with E-state index in [4.69, 9.17) is 9.47 Å². The van der Waals surface area contributed by atoms with Gasteiger partial charge in [0.25, 0.3) is 5.91 Å². The van der Waals surface area contributed by atoms with Crippen LogP contribution in [-0.4, -0.2) is 71.9 Å². The topological polar surface area (TPSA) is 70.7 Å². The Hall–Kier alpha value is -3.16. The molecule has 5 rings (SSSR count). The Kier molecular flexibility index (Phi) is 6.41. The summed E-state index contributed by atoms with van der Waals surface area (Å²) in [5.41, 5.74) is 4.47. The molecule has 2 aliphatic rings. The minimum atomic E-state index is -0.179. The molecule has 0 saturated carbocycles. The third-order valence-electron chi connectivity index (χ3n) is 6.39. The van der Waals surface area contributed by atoms with Crippen LogP contribution in [0.25, 0.3) is 11.3 Å². The Morgan fingerprint density at radius 2 is 1.82 bits per heavy atom. The summed E-state index contributed by atoms with van der Waals surface area (Å²) >= 11 is 0. The van der Waals surface area contributed by atoms with Gasteiger partial charge in [0.2, 0.25) is 0 Å². The number of carbonyl (C=O) groups excluding carboxylic acids is 1. The molecule has 7 nitrogen and oxygen atoms in total. The fraction of sp³-hybridized carbons (Fsp3) is 0.385. The maximum atomic E-state index is 13.5. The first-order chi connectivity index (χ1) is 16.3. The van der Waals surface area contributed by atoms with Crippen LogP contribution in [0.2, 0.25) is 0 Å². The lowest BCUT2D eigenvalue weighted by Gasteiger charge is -2.29. The number of nitrogens with zero attached hydrogens (tertiary/aromatic N) is 3. The summed E-state index contributed by atoms with van der Waals surface area (Å²) in [5, 5.41) is 7.59. The van der Waals surface area contributed by atoms with Crippen LogP contribution in [0.15, 0.2) is 54.6 Å². The molecule has 7 heteroatoms. The molecule has 1 aromatic heterocycles. The Balaban J connectivity index is 1.45. The summed E-state index contributed by atoms with van der Waals surface area (Å²) in [4.78, 5) is 17.9. The van der Waals surface area contributed by atoms with E-state index in [1.807, 2.05) is 54.3 Å². The molecule has 2 aliphatic heterocycles. The second-order valence-corrected chi connectivity index (χ2v) is 8.44. The van der Waals surface area contributed by atoms with Crippen molar-refractivity contribution in [2.75, 3.05) is 46.0 Å². The van der Waals surface area contributed by atoms with Crippen LogP contribution in [-0.2, 0) is 4.74 Å². The van der Waals surface area contributed by atoms with Crippen molar-refractivity contribution in [3.63, 3.8) is 0 Å². The van der Waals surface area contributed by atoms with Crippen LogP contribution in [0, 0.1) is 0 Å². The lowest BCUT2D eigenvalue weighted by molar-refractivity contribution is 0.0354. The number of aromatic amines is 1. The van der Waals surface area contributed by atoms with Crippen molar-refractivity contribution in [2.45, 2.75) is 19.4 Å². The highest BCUT2D eigenvalue weighted by Crippen LogP contribution is 2.43. The maximum absolute atomic E-state index is 13.5. The van der Waals surface area contributed by atoms with E-state index in [-0.39, 0.29) is 11.9 Å².